The summed E-state index contributed by atoms with van der Waals surface area (Å²) in [6.07, 6.45) is 1.90. The van der Waals surface area contributed by atoms with Gasteiger partial charge in [0.1, 0.15) is 29.8 Å². The van der Waals surface area contributed by atoms with E-state index in [1.165, 1.54) is 26.2 Å². The van der Waals surface area contributed by atoms with Crippen LogP contribution in [0.5, 0.6) is 0 Å². The summed E-state index contributed by atoms with van der Waals surface area (Å²) < 4.78 is 34.2. The maximum Gasteiger partial charge on any atom is 0.412 e. The Labute approximate surface area is 270 Å². The van der Waals surface area contributed by atoms with Gasteiger partial charge in [-0.15, -0.1) is 0 Å². The summed E-state index contributed by atoms with van der Waals surface area (Å²) >= 11 is 0. The molecule has 4 heterocycles. The van der Waals surface area contributed by atoms with Gasteiger partial charge in [0.2, 0.25) is 0 Å². The standard InChI is InChI=1S/C29H46N4O7S2Si2/c1-19(2)43(20(3)4)37-18-24-23(39-44(40-43,21(5)6)22(7)8)17-27(38-24)33-14-12-25(31-28(33)34)32-29(35)36-15-16-41-42-26-11-9-10-13-30-26/h9-14,19-24,27H,15-18H2,1-8H3,(H,31,32,34,35). The van der Waals surface area contributed by atoms with Crippen LogP contribution in [0.3, 0.4) is 0 Å². The molecule has 3 atom stereocenters. The maximum absolute atomic E-state index is 13.1. The van der Waals surface area contributed by atoms with E-state index in [1.54, 1.807) is 18.5 Å². The predicted molar refractivity (Wildman–Crippen MR) is 178 cm³/mol. The van der Waals surface area contributed by atoms with E-state index < -0.39 is 35.1 Å². The number of pyridine rings is 1. The molecule has 0 aliphatic carbocycles. The fourth-order valence-corrected chi connectivity index (χ4v) is 18.7. The van der Waals surface area contributed by atoms with Crippen LogP contribution in [0, 0.1) is 0 Å². The molecule has 0 radical (unpaired) electrons. The highest BCUT2D eigenvalue weighted by Crippen LogP contribution is 2.48. The second-order valence-electron chi connectivity index (χ2n) is 12.3. The van der Waals surface area contributed by atoms with Gasteiger partial charge in [-0.25, -0.2) is 14.6 Å². The minimum Gasteiger partial charge on any atom is -0.448 e. The highest BCUT2D eigenvalue weighted by molar-refractivity contribution is 8.76. The van der Waals surface area contributed by atoms with Gasteiger partial charge in [0, 0.05) is 24.6 Å². The first-order valence-electron chi connectivity index (χ1n) is 15.3. The number of amides is 1. The van der Waals surface area contributed by atoms with Crippen molar-refractivity contribution in [3.05, 3.63) is 47.1 Å². The number of nitrogens with zero attached hydrogens (tertiary/aromatic N) is 3. The molecule has 0 spiro atoms. The molecule has 4 rings (SSSR count). The Morgan fingerprint density at radius 3 is 2.36 bits per heavy atom. The first-order valence-corrected chi connectivity index (χ1v) is 21.5. The lowest BCUT2D eigenvalue weighted by Crippen LogP contribution is -2.65. The number of ether oxygens (including phenoxy) is 2. The molecule has 244 valence electrons. The Morgan fingerprint density at radius 2 is 1.75 bits per heavy atom. The molecule has 2 aromatic rings. The van der Waals surface area contributed by atoms with E-state index in [0.717, 1.165) is 5.03 Å². The van der Waals surface area contributed by atoms with Crippen LogP contribution >= 0.6 is 21.6 Å². The fourth-order valence-electron chi connectivity index (χ4n) is 5.82. The Bertz CT molecular complexity index is 1290. The molecule has 15 heteroatoms. The molecule has 2 aromatic heterocycles. The molecule has 1 amide bonds. The Kier molecular flexibility index (Phi) is 12.2. The molecule has 2 fully saturated rings. The zero-order chi connectivity index (χ0) is 32.1. The summed E-state index contributed by atoms with van der Waals surface area (Å²) in [5, 5.41) is 3.42. The molecule has 2 aliphatic rings. The molecule has 0 saturated carbocycles. The average molecular weight is 683 g/mol. The number of anilines is 1. The third kappa shape index (κ3) is 7.97. The second kappa shape index (κ2) is 15.2. The molecule has 2 saturated heterocycles. The Hall–Kier alpha value is -1.73. The summed E-state index contributed by atoms with van der Waals surface area (Å²) in [7, 11) is -2.43. The summed E-state index contributed by atoms with van der Waals surface area (Å²) in [4.78, 5) is 33.7. The van der Waals surface area contributed by atoms with Crippen molar-refractivity contribution in [1.82, 2.24) is 14.5 Å². The summed E-state index contributed by atoms with van der Waals surface area (Å²) in [5.74, 6) is 0.692. The van der Waals surface area contributed by atoms with Crippen LogP contribution in [0.1, 0.15) is 68.0 Å². The van der Waals surface area contributed by atoms with E-state index in [2.05, 4.69) is 70.7 Å². The van der Waals surface area contributed by atoms with Gasteiger partial charge in [-0.3, -0.25) is 9.88 Å². The van der Waals surface area contributed by atoms with Crippen molar-refractivity contribution in [3.63, 3.8) is 0 Å². The van der Waals surface area contributed by atoms with Gasteiger partial charge in [0.15, 0.2) is 0 Å². The van der Waals surface area contributed by atoms with Crippen molar-refractivity contribution in [2.75, 3.05) is 24.3 Å². The number of nitrogens with one attached hydrogen (secondary N) is 1. The molecular formula is C29H46N4O7S2Si2. The number of hydrogen-bond acceptors (Lipinski definition) is 11. The van der Waals surface area contributed by atoms with Gasteiger partial charge < -0.3 is 22.4 Å². The Balaban J connectivity index is 1.40. The normalized spacial score (nSPS) is 23.0. The van der Waals surface area contributed by atoms with Crippen molar-refractivity contribution >= 4 is 50.6 Å². The van der Waals surface area contributed by atoms with E-state index in [9.17, 15) is 9.59 Å². The van der Waals surface area contributed by atoms with Gasteiger partial charge in [-0.05, 0) is 51.2 Å². The molecule has 2 aliphatic heterocycles. The molecule has 44 heavy (non-hydrogen) atoms. The SMILES string of the molecule is CC(C)[Si]1(C(C)C)OCC2OC(n3ccc(NC(=O)OCCSSc4ccccn4)nc3=O)CC2O[Si](C(C)C)(C(C)C)O1. The lowest BCUT2D eigenvalue weighted by molar-refractivity contribution is -0.0565. The lowest BCUT2D eigenvalue weighted by Gasteiger charge is -2.51. The van der Waals surface area contributed by atoms with Crippen molar-refractivity contribution in [2.45, 2.75) is 107 Å². The van der Waals surface area contributed by atoms with Gasteiger partial charge in [0.05, 0.1) is 12.7 Å². The molecule has 1 N–H and O–H groups in total. The summed E-state index contributed by atoms with van der Waals surface area (Å²) in [6.45, 7) is 18.0. The lowest BCUT2D eigenvalue weighted by atomic mass is 10.2. The van der Waals surface area contributed by atoms with Gasteiger partial charge in [0.25, 0.3) is 0 Å². The molecule has 11 nitrogen and oxygen atoms in total. The minimum absolute atomic E-state index is 0.111. The average Bonchev–Trinajstić information content (AvgIpc) is 3.34. The zero-order valence-corrected chi connectivity index (χ0v) is 30.5. The van der Waals surface area contributed by atoms with Crippen LogP contribution in [0.25, 0.3) is 0 Å². The summed E-state index contributed by atoms with van der Waals surface area (Å²) in [6, 6.07) is 7.26. The molecular weight excluding hydrogens is 637 g/mol. The second-order valence-corrected chi connectivity index (χ2v) is 23.6. The number of rotatable bonds is 11. The molecule has 0 aromatic carbocycles. The van der Waals surface area contributed by atoms with Crippen LogP contribution in [0.15, 0.2) is 46.5 Å². The molecule has 3 unspecified atom stereocenters. The fraction of sp³-hybridized carbons (Fsp3) is 0.655. The number of carbonyl (C=O) groups is 1. The van der Waals surface area contributed by atoms with E-state index >= 15 is 0 Å². The van der Waals surface area contributed by atoms with E-state index in [4.69, 9.17) is 22.4 Å². The maximum atomic E-state index is 13.1. The monoisotopic (exact) mass is 682 g/mol. The number of aromatic nitrogens is 3. The highest BCUT2D eigenvalue weighted by atomic mass is 33.1. The predicted octanol–water partition coefficient (Wildman–Crippen LogP) is 6.87. The number of hydrogen-bond donors (Lipinski definition) is 1. The van der Waals surface area contributed by atoms with E-state index in [1.807, 2.05) is 18.2 Å². The largest absolute Gasteiger partial charge is 0.448 e. The van der Waals surface area contributed by atoms with E-state index in [-0.39, 0.29) is 46.8 Å². The number of carbonyl (C=O) groups excluding carboxylic acids is 1. The van der Waals surface area contributed by atoms with Crippen molar-refractivity contribution in [3.8, 4) is 0 Å². The minimum atomic E-state index is -2.79. The quantitative estimate of drug-likeness (QED) is 0.152. The third-order valence-electron chi connectivity index (χ3n) is 8.08. The van der Waals surface area contributed by atoms with Crippen LogP contribution in [0.2, 0.25) is 22.2 Å². The third-order valence-corrected chi connectivity index (χ3v) is 20.6. The van der Waals surface area contributed by atoms with Crippen LogP contribution in [0.4, 0.5) is 10.6 Å². The van der Waals surface area contributed by atoms with Crippen LogP contribution in [-0.4, -0.2) is 68.9 Å². The van der Waals surface area contributed by atoms with Gasteiger partial charge in [-0.1, -0.05) is 72.3 Å². The van der Waals surface area contributed by atoms with Gasteiger partial charge in [-0.2, -0.15) is 4.98 Å². The van der Waals surface area contributed by atoms with E-state index in [0.29, 0.717) is 18.8 Å². The van der Waals surface area contributed by atoms with Crippen molar-refractivity contribution in [1.29, 1.82) is 0 Å². The number of fused-ring (bicyclic) bond motifs is 1. The van der Waals surface area contributed by atoms with Gasteiger partial charge >= 0.3 is 28.9 Å². The highest BCUT2D eigenvalue weighted by Gasteiger charge is 2.60. The van der Waals surface area contributed by atoms with Crippen LogP contribution < -0.4 is 11.0 Å². The first-order chi connectivity index (χ1) is 20.9. The topological polar surface area (TPSA) is 123 Å². The summed E-state index contributed by atoms with van der Waals surface area (Å²) in [5.41, 5.74) is 0.312. The Morgan fingerprint density at radius 1 is 1.05 bits per heavy atom. The van der Waals surface area contributed by atoms with Crippen LogP contribution in [-0.2, 0) is 22.4 Å². The van der Waals surface area contributed by atoms with Crippen molar-refractivity contribution < 1.29 is 27.2 Å². The molecule has 0 bridgehead atoms. The zero-order valence-electron chi connectivity index (χ0n) is 26.8. The first kappa shape index (κ1) is 35.1. The van der Waals surface area contributed by atoms with Crippen molar-refractivity contribution in [2.24, 2.45) is 0 Å². The smallest absolute Gasteiger partial charge is 0.412 e.